The molecule has 1 saturated heterocycles. The van der Waals surface area contributed by atoms with Crippen molar-refractivity contribution >= 4 is 15.9 Å². The van der Waals surface area contributed by atoms with Crippen LogP contribution in [0.15, 0.2) is 35.2 Å². The summed E-state index contributed by atoms with van der Waals surface area (Å²) in [6.45, 7) is 4.28. The highest BCUT2D eigenvalue weighted by atomic mass is 32.2. The molecule has 3 N–H and O–H groups in total. The Bertz CT molecular complexity index is 623. The summed E-state index contributed by atoms with van der Waals surface area (Å²) in [5.74, 6) is -0.282. The summed E-state index contributed by atoms with van der Waals surface area (Å²) in [5.41, 5.74) is 5.32. The lowest BCUT2D eigenvalue weighted by molar-refractivity contribution is -0.124. The number of carbonyl (C=O) groups excluding carboxylic acids is 1. The first-order valence-corrected chi connectivity index (χ1v) is 8.79. The standard InChI is InChI=1S/C15H23N3O3S/c1-15(2,16)11-17-14(19)13-9-6-10-18(13)22(20,21)12-7-4-3-5-8-12/h3-5,7-8,13H,6,9-11,16H2,1-2H3,(H,17,19). The van der Waals surface area contributed by atoms with E-state index in [1.807, 2.05) is 0 Å². The lowest BCUT2D eigenvalue weighted by Gasteiger charge is -2.25. The summed E-state index contributed by atoms with van der Waals surface area (Å²) in [7, 11) is -3.65. The molecule has 6 nitrogen and oxygen atoms in total. The van der Waals surface area contributed by atoms with Crippen LogP contribution >= 0.6 is 0 Å². The third-order valence-corrected chi connectivity index (χ3v) is 5.50. The van der Waals surface area contributed by atoms with E-state index in [2.05, 4.69) is 5.32 Å². The van der Waals surface area contributed by atoms with Crippen molar-refractivity contribution in [3.63, 3.8) is 0 Å². The highest BCUT2D eigenvalue weighted by molar-refractivity contribution is 7.89. The largest absolute Gasteiger partial charge is 0.353 e. The van der Waals surface area contributed by atoms with E-state index in [0.29, 0.717) is 25.9 Å². The maximum atomic E-state index is 12.7. The van der Waals surface area contributed by atoms with Gasteiger partial charge in [0.25, 0.3) is 0 Å². The van der Waals surface area contributed by atoms with Gasteiger partial charge in [0.15, 0.2) is 0 Å². The van der Waals surface area contributed by atoms with Crippen molar-refractivity contribution < 1.29 is 13.2 Å². The summed E-state index contributed by atoms with van der Waals surface area (Å²) in [6.07, 6.45) is 1.21. The summed E-state index contributed by atoms with van der Waals surface area (Å²) in [4.78, 5) is 12.5. The monoisotopic (exact) mass is 325 g/mol. The van der Waals surface area contributed by atoms with E-state index in [4.69, 9.17) is 5.73 Å². The lowest BCUT2D eigenvalue weighted by atomic mass is 10.1. The summed E-state index contributed by atoms with van der Waals surface area (Å²) in [6, 6.07) is 7.55. The molecular formula is C15H23N3O3S. The molecule has 1 aromatic carbocycles. The Morgan fingerprint density at radius 2 is 2.00 bits per heavy atom. The molecule has 1 amide bonds. The van der Waals surface area contributed by atoms with Gasteiger partial charge in [-0.05, 0) is 38.8 Å². The molecular weight excluding hydrogens is 302 g/mol. The molecule has 0 saturated carbocycles. The Morgan fingerprint density at radius 1 is 1.36 bits per heavy atom. The van der Waals surface area contributed by atoms with Crippen LogP contribution in [0, 0.1) is 0 Å². The van der Waals surface area contributed by atoms with Crippen LogP contribution in [-0.2, 0) is 14.8 Å². The average Bonchev–Trinajstić information content (AvgIpc) is 2.95. The fourth-order valence-electron chi connectivity index (χ4n) is 2.45. The molecule has 1 aliphatic rings. The molecule has 1 fully saturated rings. The second-order valence-corrected chi connectivity index (χ2v) is 8.18. The Kier molecular flexibility index (Phi) is 4.89. The summed E-state index contributed by atoms with van der Waals surface area (Å²) < 4.78 is 26.6. The van der Waals surface area contributed by atoms with Crippen LogP contribution in [0.1, 0.15) is 26.7 Å². The SMILES string of the molecule is CC(C)(N)CNC(=O)C1CCCN1S(=O)(=O)c1ccccc1. The van der Waals surface area contributed by atoms with Crippen molar-refractivity contribution in [2.24, 2.45) is 5.73 Å². The van der Waals surface area contributed by atoms with Crippen molar-refractivity contribution in [3.05, 3.63) is 30.3 Å². The first-order chi connectivity index (χ1) is 10.2. The predicted molar refractivity (Wildman–Crippen MR) is 84.6 cm³/mol. The minimum atomic E-state index is -3.65. The maximum Gasteiger partial charge on any atom is 0.243 e. The molecule has 22 heavy (non-hydrogen) atoms. The maximum absolute atomic E-state index is 12.7. The molecule has 1 aliphatic heterocycles. The van der Waals surface area contributed by atoms with Crippen molar-refractivity contribution in [2.75, 3.05) is 13.1 Å². The molecule has 1 heterocycles. The predicted octanol–water partition coefficient (Wildman–Crippen LogP) is 0.693. The Hall–Kier alpha value is -1.44. The van der Waals surface area contributed by atoms with Crippen LogP contribution in [0.3, 0.4) is 0 Å². The quantitative estimate of drug-likeness (QED) is 0.833. The van der Waals surface area contributed by atoms with Crippen LogP contribution < -0.4 is 11.1 Å². The highest BCUT2D eigenvalue weighted by Gasteiger charge is 2.39. The van der Waals surface area contributed by atoms with Gasteiger partial charge in [0.05, 0.1) is 4.90 Å². The van der Waals surface area contributed by atoms with E-state index in [1.165, 1.54) is 4.31 Å². The zero-order chi connectivity index (χ0) is 16.4. The molecule has 122 valence electrons. The number of nitrogens with one attached hydrogen (secondary N) is 1. The van der Waals surface area contributed by atoms with Crippen LogP contribution in [0.25, 0.3) is 0 Å². The molecule has 1 atom stereocenters. The molecule has 2 rings (SSSR count). The van der Waals surface area contributed by atoms with Crippen molar-refractivity contribution in [1.29, 1.82) is 0 Å². The van der Waals surface area contributed by atoms with E-state index in [1.54, 1.807) is 44.2 Å². The fraction of sp³-hybridized carbons (Fsp3) is 0.533. The van der Waals surface area contributed by atoms with Gasteiger partial charge < -0.3 is 11.1 Å². The number of nitrogens with zero attached hydrogens (tertiary/aromatic N) is 1. The van der Waals surface area contributed by atoms with E-state index >= 15 is 0 Å². The molecule has 0 bridgehead atoms. The molecule has 0 aromatic heterocycles. The zero-order valence-corrected chi connectivity index (χ0v) is 13.8. The van der Waals surface area contributed by atoms with Crippen molar-refractivity contribution in [3.8, 4) is 0 Å². The highest BCUT2D eigenvalue weighted by Crippen LogP contribution is 2.26. The summed E-state index contributed by atoms with van der Waals surface area (Å²) in [5, 5.41) is 2.75. The van der Waals surface area contributed by atoms with Gasteiger partial charge in [-0.15, -0.1) is 0 Å². The van der Waals surface area contributed by atoms with E-state index in [-0.39, 0.29) is 10.8 Å². The Labute approximate surface area is 131 Å². The van der Waals surface area contributed by atoms with Gasteiger partial charge in [0.1, 0.15) is 6.04 Å². The molecule has 7 heteroatoms. The van der Waals surface area contributed by atoms with Gasteiger partial charge in [-0.3, -0.25) is 4.79 Å². The Balaban J connectivity index is 2.15. The number of rotatable bonds is 5. The second-order valence-electron chi connectivity index (χ2n) is 6.29. The van der Waals surface area contributed by atoms with Gasteiger partial charge in [-0.2, -0.15) is 4.31 Å². The smallest absolute Gasteiger partial charge is 0.243 e. The number of carbonyl (C=O) groups is 1. The number of hydrogen-bond donors (Lipinski definition) is 2. The van der Waals surface area contributed by atoms with Crippen LogP contribution in [0.4, 0.5) is 0 Å². The minimum Gasteiger partial charge on any atom is -0.353 e. The molecule has 0 radical (unpaired) electrons. The second kappa shape index (κ2) is 6.36. The number of sulfonamides is 1. The molecule has 0 spiro atoms. The third-order valence-electron chi connectivity index (χ3n) is 3.57. The number of nitrogens with two attached hydrogens (primary N) is 1. The topological polar surface area (TPSA) is 92.5 Å². The zero-order valence-electron chi connectivity index (χ0n) is 13.0. The number of hydrogen-bond acceptors (Lipinski definition) is 4. The van der Waals surface area contributed by atoms with Crippen LogP contribution in [0.2, 0.25) is 0 Å². The lowest BCUT2D eigenvalue weighted by Crippen LogP contribution is -2.51. The van der Waals surface area contributed by atoms with E-state index < -0.39 is 21.6 Å². The number of benzene rings is 1. The normalized spacial score (nSPS) is 20.0. The van der Waals surface area contributed by atoms with Crippen LogP contribution in [0.5, 0.6) is 0 Å². The Morgan fingerprint density at radius 3 is 2.59 bits per heavy atom. The minimum absolute atomic E-state index is 0.217. The number of amides is 1. The third kappa shape index (κ3) is 3.85. The molecule has 0 aliphatic carbocycles. The molecule has 1 aromatic rings. The van der Waals surface area contributed by atoms with Crippen molar-refractivity contribution in [1.82, 2.24) is 9.62 Å². The van der Waals surface area contributed by atoms with Gasteiger partial charge in [-0.1, -0.05) is 18.2 Å². The van der Waals surface area contributed by atoms with Gasteiger partial charge in [-0.25, -0.2) is 8.42 Å². The van der Waals surface area contributed by atoms with Gasteiger partial charge in [0.2, 0.25) is 15.9 Å². The molecule has 1 unspecified atom stereocenters. The summed E-state index contributed by atoms with van der Waals surface area (Å²) >= 11 is 0. The first-order valence-electron chi connectivity index (χ1n) is 7.35. The van der Waals surface area contributed by atoms with Gasteiger partial charge in [0, 0.05) is 18.6 Å². The average molecular weight is 325 g/mol. The van der Waals surface area contributed by atoms with Crippen molar-refractivity contribution in [2.45, 2.75) is 43.2 Å². The van der Waals surface area contributed by atoms with Gasteiger partial charge >= 0.3 is 0 Å². The van der Waals surface area contributed by atoms with Crippen LogP contribution in [-0.4, -0.2) is 43.3 Å². The fourth-order valence-corrected chi connectivity index (χ4v) is 4.13. The first kappa shape index (κ1) is 16.9. The van der Waals surface area contributed by atoms with E-state index in [9.17, 15) is 13.2 Å². The van der Waals surface area contributed by atoms with E-state index in [0.717, 1.165) is 0 Å².